The zero-order valence-corrected chi connectivity index (χ0v) is 20.1. The molecule has 0 aliphatic heterocycles. The number of hydrogen-bond donors (Lipinski definition) is 3. The molecule has 0 spiro atoms. The summed E-state index contributed by atoms with van der Waals surface area (Å²) < 4.78 is 24.8. The summed E-state index contributed by atoms with van der Waals surface area (Å²) in [6.07, 6.45) is 3.75. The molecule has 0 atom stereocenters. The van der Waals surface area contributed by atoms with E-state index in [1.807, 2.05) is 0 Å². The molecule has 0 fully saturated rings. The number of carbonyl (C=O) groups excluding carboxylic acids is 1. The predicted molar refractivity (Wildman–Crippen MR) is 111 cm³/mol. The van der Waals surface area contributed by atoms with E-state index in [9.17, 15) is 18.3 Å². The second kappa shape index (κ2) is 11.0. The van der Waals surface area contributed by atoms with E-state index >= 15 is 0 Å². The van der Waals surface area contributed by atoms with Crippen LogP contribution in [0.25, 0.3) is 0 Å². The van der Waals surface area contributed by atoms with Gasteiger partial charge in [0.25, 0.3) is 0 Å². The number of aromatic nitrogens is 1. The van der Waals surface area contributed by atoms with Crippen molar-refractivity contribution in [2.75, 3.05) is 10.8 Å². The van der Waals surface area contributed by atoms with Crippen molar-refractivity contribution >= 4 is 27.1 Å². The van der Waals surface area contributed by atoms with Crippen molar-refractivity contribution in [3.8, 4) is 5.75 Å². The van der Waals surface area contributed by atoms with Gasteiger partial charge in [0.05, 0.1) is 9.80 Å². The number of aromatic hydroxyl groups is 1. The second-order valence-corrected chi connectivity index (χ2v) is 8.23. The van der Waals surface area contributed by atoms with E-state index in [1.165, 1.54) is 43.6 Å². The Balaban J connectivity index is 0.00000341. The Hall–Kier alpha value is -2.75. The topological polar surface area (TPSA) is 118 Å². The molecule has 157 valence electrons. The number of allylic oxidation sites excluding steroid dienone is 1. The average molecular weight is 513 g/mol. The summed E-state index contributed by atoms with van der Waals surface area (Å²) >= 11 is 0. The Morgan fingerprint density at radius 1 is 1.19 bits per heavy atom. The van der Waals surface area contributed by atoms with Gasteiger partial charge in [-0.15, -0.1) is 12.1 Å². The number of amides is 1. The SMILES string of the molecule is C/C(=C/ONc1[c-]cc(NC(=O)c2ccccc2)c(O)c1)S(=O)(=O)c1cccnc1.[Y]. The fourth-order valence-corrected chi connectivity index (χ4v) is 3.36. The molecule has 3 N–H and O–H groups in total. The van der Waals surface area contributed by atoms with Crippen LogP contribution in [0.15, 0.2) is 83.1 Å². The Labute approximate surface area is 205 Å². The van der Waals surface area contributed by atoms with Crippen molar-refractivity contribution in [3.05, 3.63) is 89.8 Å². The first-order valence-corrected chi connectivity index (χ1v) is 10.2. The van der Waals surface area contributed by atoms with Crippen LogP contribution in [0.3, 0.4) is 0 Å². The predicted octanol–water partition coefficient (Wildman–Crippen LogP) is 3.52. The minimum absolute atomic E-state index is 0. The number of nitrogens with one attached hydrogen (secondary N) is 2. The third kappa shape index (κ3) is 6.37. The first-order valence-electron chi connectivity index (χ1n) is 8.72. The van der Waals surface area contributed by atoms with Crippen molar-refractivity contribution in [2.45, 2.75) is 11.8 Å². The van der Waals surface area contributed by atoms with Gasteiger partial charge in [-0.05, 0) is 42.6 Å². The van der Waals surface area contributed by atoms with Gasteiger partial charge in [0.1, 0.15) is 6.26 Å². The van der Waals surface area contributed by atoms with Gasteiger partial charge in [0, 0.05) is 56.4 Å². The summed E-state index contributed by atoms with van der Waals surface area (Å²) in [5.41, 5.74) is 3.31. The van der Waals surface area contributed by atoms with Gasteiger partial charge >= 0.3 is 0 Å². The molecule has 0 saturated carbocycles. The van der Waals surface area contributed by atoms with Crippen molar-refractivity contribution in [3.63, 3.8) is 0 Å². The molecule has 31 heavy (non-hydrogen) atoms. The van der Waals surface area contributed by atoms with E-state index in [0.717, 1.165) is 6.26 Å². The Bertz CT molecular complexity index is 1170. The molecule has 3 aromatic rings. The molecule has 1 heterocycles. The molecule has 8 nitrogen and oxygen atoms in total. The van der Waals surface area contributed by atoms with Gasteiger partial charge in [0.15, 0.2) is 0 Å². The van der Waals surface area contributed by atoms with Crippen molar-refractivity contribution in [1.29, 1.82) is 0 Å². The van der Waals surface area contributed by atoms with E-state index in [1.54, 1.807) is 30.3 Å². The van der Waals surface area contributed by atoms with E-state index in [4.69, 9.17) is 4.84 Å². The van der Waals surface area contributed by atoms with E-state index in [-0.39, 0.29) is 65.5 Å². The van der Waals surface area contributed by atoms with E-state index in [2.05, 4.69) is 21.8 Å². The normalized spacial score (nSPS) is 11.2. The minimum Gasteiger partial charge on any atom is -0.531 e. The Morgan fingerprint density at radius 2 is 1.94 bits per heavy atom. The summed E-state index contributed by atoms with van der Waals surface area (Å²) in [6.45, 7) is 1.38. The fourth-order valence-electron chi connectivity index (χ4n) is 2.35. The van der Waals surface area contributed by atoms with Crippen molar-refractivity contribution in [2.24, 2.45) is 0 Å². The first kappa shape index (κ1) is 24.5. The van der Waals surface area contributed by atoms with Crippen LogP contribution in [0.1, 0.15) is 17.3 Å². The first-order chi connectivity index (χ1) is 14.4. The van der Waals surface area contributed by atoms with Crippen LogP contribution >= 0.6 is 0 Å². The number of rotatable bonds is 7. The summed E-state index contributed by atoms with van der Waals surface area (Å²) in [5, 5.41) is 12.7. The number of hydrogen-bond acceptors (Lipinski definition) is 7. The third-order valence-electron chi connectivity index (χ3n) is 3.98. The maximum atomic E-state index is 12.4. The molecule has 0 saturated heterocycles. The summed E-state index contributed by atoms with van der Waals surface area (Å²) in [5.74, 6) is -0.594. The number of carbonyl (C=O) groups is 1. The molecule has 0 bridgehead atoms. The monoisotopic (exact) mass is 513 g/mol. The number of pyridine rings is 1. The maximum absolute atomic E-state index is 12.4. The standard InChI is InChI=1S/C21H18N3O5S.Y/c1-15(30(27,28)18-8-5-11-22-13-18)14-29-24-17-9-10-19(20(25)12-17)23-21(26)16-6-3-2-4-7-16;/h2-8,10-14,24-25H,1H3,(H,23,26);/q-1;/b15-14-;. The van der Waals surface area contributed by atoms with E-state index < -0.39 is 9.84 Å². The average Bonchev–Trinajstić information content (AvgIpc) is 2.76. The molecule has 2 aromatic carbocycles. The van der Waals surface area contributed by atoms with Crippen LogP contribution in [0.2, 0.25) is 0 Å². The van der Waals surface area contributed by atoms with Crippen LogP contribution in [0.5, 0.6) is 5.75 Å². The Kier molecular flexibility index (Phi) is 8.73. The van der Waals surface area contributed by atoms with Crippen molar-refractivity contribution in [1.82, 2.24) is 4.98 Å². The van der Waals surface area contributed by atoms with Gasteiger partial charge in [-0.1, -0.05) is 18.2 Å². The second-order valence-electron chi connectivity index (χ2n) is 6.11. The number of sulfone groups is 1. The van der Waals surface area contributed by atoms with Crippen LogP contribution in [0, 0.1) is 6.07 Å². The number of phenols is 1. The molecule has 0 aliphatic carbocycles. The molecular weight excluding hydrogens is 495 g/mol. The van der Waals surface area contributed by atoms with Gasteiger partial charge in [0.2, 0.25) is 15.7 Å². The van der Waals surface area contributed by atoms with Crippen LogP contribution in [-0.2, 0) is 47.4 Å². The van der Waals surface area contributed by atoms with Gasteiger partial charge in [-0.25, -0.2) is 13.9 Å². The van der Waals surface area contributed by atoms with Crippen LogP contribution < -0.4 is 10.8 Å². The minimum atomic E-state index is -3.72. The van der Waals surface area contributed by atoms with Crippen LogP contribution in [-0.4, -0.2) is 24.4 Å². The van der Waals surface area contributed by atoms with Gasteiger partial charge in [-0.2, -0.15) is 6.07 Å². The molecule has 0 unspecified atom stereocenters. The largest absolute Gasteiger partial charge is 0.531 e. The zero-order valence-electron chi connectivity index (χ0n) is 16.4. The molecule has 0 aliphatic rings. The third-order valence-corrected chi connectivity index (χ3v) is 5.78. The van der Waals surface area contributed by atoms with Gasteiger partial charge in [-0.3, -0.25) is 9.78 Å². The summed E-state index contributed by atoms with van der Waals surface area (Å²) in [4.78, 5) is 21.1. The fraction of sp³-hybridized carbons (Fsp3) is 0.0476. The molecule has 1 radical (unpaired) electrons. The Morgan fingerprint density at radius 3 is 2.58 bits per heavy atom. The molecule has 10 heteroatoms. The number of phenolic OH excluding ortho intramolecular Hbond substituents is 1. The quantitative estimate of drug-likeness (QED) is 0.192. The van der Waals surface area contributed by atoms with Crippen LogP contribution in [0.4, 0.5) is 11.4 Å². The molecule has 1 aromatic heterocycles. The molecular formula is C21H18N3O5SY-. The summed E-state index contributed by atoms with van der Waals surface area (Å²) in [7, 11) is -3.72. The molecule has 1 amide bonds. The van der Waals surface area contributed by atoms with Crippen molar-refractivity contribution < 1.29 is 55.9 Å². The van der Waals surface area contributed by atoms with Gasteiger partial charge < -0.3 is 15.3 Å². The molecule has 3 rings (SSSR count). The maximum Gasteiger partial charge on any atom is 0.244 e. The van der Waals surface area contributed by atoms with E-state index in [0.29, 0.717) is 5.56 Å². The number of benzene rings is 2. The zero-order chi connectivity index (χ0) is 21.6. The number of anilines is 2. The number of nitrogens with zero attached hydrogens (tertiary/aromatic N) is 1. The smallest absolute Gasteiger partial charge is 0.244 e. The summed E-state index contributed by atoms with van der Waals surface area (Å²) in [6, 6.07) is 16.9.